The molecule has 2 aromatic carbocycles. The minimum Gasteiger partial charge on any atom is -0.469 e. The number of rotatable bonds is 6. The minimum atomic E-state index is -0.369. The number of benzene rings is 2. The molecule has 124 valence electrons. The van der Waals surface area contributed by atoms with Gasteiger partial charge in [0.05, 0.1) is 13.0 Å². The van der Waals surface area contributed by atoms with Crippen LogP contribution in [0.4, 0.5) is 0 Å². The van der Waals surface area contributed by atoms with Gasteiger partial charge in [-0.25, -0.2) is 0 Å². The Morgan fingerprint density at radius 3 is 2.54 bits per heavy atom. The summed E-state index contributed by atoms with van der Waals surface area (Å²) in [6, 6.07) is 18.2. The van der Waals surface area contributed by atoms with Crippen molar-refractivity contribution in [1.29, 1.82) is 0 Å². The van der Waals surface area contributed by atoms with Crippen molar-refractivity contribution >= 4 is 16.9 Å². The number of ether oxygens (including phenoxy) is 1. The quantitative estimate of drug-likeness (QED) is 0.685. The molecule has 4 heteroatoms. The van der Waals surface area contributed by atoms with E-state index in [1.165, 1.54) is 18.1 Å². The molecule has 0 saturated carbocycles. The molecule has 3 aromatic rings. The van der Waals surface area contributed by atoms with Crippen LogP contribution in [0.2, 0.25) is 0 Å². The number of para-hydroxylation sites is 1. The molecule has 0 amide bonds. The smallest absolute Gasteiger partial charge is 0.310 e. The lowest BCUT2D eigenvalue weighted by atomic mass is 9.81. The third kappa shape index (κ3) is 3.19. The second-order valence-electron chi connectivity index (χ2n) is 5.95. The predicted octanol–water partition coefficient (Wildman–Crippen LogP) is 3.24. The molecule has 0 saturated heterocycles. The third-order valence-electron chi connectivity index (χ3n) is 4.59. The fourth-order valence-electron chi connectivity index (χ4n) is 3.31. The zero-order chi connectivity index (χ0) is 16.9. The van der Waals surface area contributed by atoms with E-state index < -0.39 is 0 Å². The van der Waals surface area contributed by atoms with Crippen LogP contribution in [-0.4, -0.2) is 24.6 Å². The van der Waals surface area contributed by atoms with E-state index in [1.54, 1.807) is 0 Å². The van der Waals surface area contributed by atoms with Crippen LogP contribution in [-0.2, 0) is 16.0 Å². The number of methoxy groups -OCH3 is 1. The lowest BCUT2D eigenvalue weighted by Gasteiger charge is -2.24. The molecule has 2 unspecified atom stereocenters. The van der Waals surface area contributed by atoms with E-state index in [4.69, 9.17) is 10.5 Å². The second-order valence-corrected chi connectivity index (χ2v) is 5.95. The molecular formula is C20H22N2O2. The zero-order valence-corrected chi connectivity index (χ0v) is 13.7. The molecule has 0 spiro atoms. The number of fused-ring (bicyclic) bond motifs is 1. The zero-order valence-electron chi connectivity index (χ0n) is 13.7. The summed E-state index contributed by atoms with van der Waals surface area (Å²) in [7, 11) is 1.42. The van der Waals surface area contributed by atoms with Crippen LogP contribution in [0.5, 0.6) is 0 Å². The maximum atomic E-state index is 12.2. The van der Waals surface area contributed by atoms with Gasteiger partial charge in [0.1, 0.15) is 0 Å². The molecule has 0 aliphatic heterocycles. The molecule has 3 rings (SSSR count). The Balaban J connectivity index is 2.00. The van der Waals surface area contributed by atoms with Gasteiger partial charge in [-0.1, -0.05) is 48.5 Å². The molecule has 0 aliphatic carbocycles. The minimum absolute atomic E-state index is 0.0251. The third-order valence-corrected chi connectivity index (χ3v) is 4.59. The van der Waals surface area contributed by atoms with Gasteiger partial charge in [-0.15, -0.1) is 0 Å². The lowest BCUT2D eigenvalue weighted by molar-refractivity contribution is -0.145. The van der Waals surface area contributed by atoms with Crippen molar-refractivity contribution in [2.75, 3.05) is 13.7 Å². The second kappa shape index (κ2) is 7.32. The molecule has 24 heavy (non-hydrogen) atoms. The van der Waals surface area contributed by atoms with Crippen LogP contribution in [0.3, 0.4) is 0 Å². The topological polar surface area (TPSA) is 68.1 Å². The van der Waals surface area contributed by atoms with Gasteiger partial charge in [0.15, 0.2) is 0 Å². The Morgan fingerprint density at radius 2 is 1.83 bits per heavy atom. The van der Waals surface area contributed by atoms with Crippen LogP contribution in [0.15, 0.2) is 60.8 Å². The normalized spacial score (nSPS) is 13.6. The van der Waals surface area contributed by atoms with Gasteiger partial charge in [0.2, 0.25) is 0 Å². The first-order valence-corrected chi connectivity index (χ1v) is 8.12. The molecule has 0 bridgehead atoms. The molecule has 4 nitrogen and oxygen atoms in total. The number of H-pyrrole nitrogens is 1. The van der Waals surface area contributed by atoms with E-state index in [9.17, 15) is 4.79 Å². The van der Waals surface area contributed by atoms with Gasteiger partial charge in [-0.3, -0.25) is 4.79 Å². The van der Waals surface area contributed by atoms with E-state index in [0.29, 0.717) is 0 Å². The number of carbonyl (C=O) groups is 1. The van der Waals surface area contributed by atoms with Gasteiger partial charge in [0.25, 0.3) is 0 Å². The number of nitrogens with one attached hydrogen (secondary N) is 1. The van der Waals surface area contributed by atoms with E-state index in [0.717, 1.165) is 17.5 Å². The summed E-state index contributed by atoms with van der Waals surface area (Å²) in [6.07, 6.45) is 2.75. The average Bonchev–Trinajstić information content (AvgIpc) is 3.05. The summed E-state index contributed by atoms with van der Waals surface area (Å²) in [5.41, 5.74) is 9.30. The molecule has 1 heterocycles. The summed E-state index contributed by atoms with van der Waals surface area (Å²) in [6.45, 7) is 0.259. The fraction of sp³-hybridized carbons (Fsp3) is 0.250. The number of nitrogens with two attached hydrogens (primary N) is 1. The van der Waals surface area contributed by atoms with Crippen molar-refractivity contribution in [3.05, 3.63) is 71.9 Å². The Hall–Kier alpha value is -2.59. The van der Waals surface area contributed by atoms with Gasteiger partial charge in [-0.05, 0) is 23.6 Å². The number of hydrogen-bond acceptors (Lipinski definition) is 3. The number of aromatic amines is 1. The maximum absolute atomic E-state index is 12.2. The highest BCUT2D eigenvalue weighted by molar-refractivity contribution is 5.83. The Kier molecular flexibility index (Phi) is 4.96. The SMILES string of the molecule is COC(=O)C(CN)C(Cc1c[nH]c2ccccc12)c1ccccc1. The number of aromatic nitrogens is 1. The highest BCUT2D eigenvalue weighted by Crippen LogP contribution is 2.31. The monoisotopic (exact) mass is 322 g/mol. The summed E-state index contributed by atoms with van der Waals surface area (Å²) in [5, 5.41) is 1.18. The summed E-state index contributed by atoms with van der Waals surface area (Å²) >= 11 is 0. The molecule has 0 fully saturated rings. The lowest BCUT2D eigenvalue weighted by Crippen LogP contribution is -2.31. The largest absolute Gasteiger partial charge is 0.469 e. The van der Waals surface area contributed by atoms with Gasteiger partial charge >= 0.3 is 5.97 Å². The van der Waals surface area contributed by atoms with E-state index >= 15 is 0 Å². The standard InChI is InChI=1S/C20H22N2O2/c1-24-20(23)18(12-21)17(14-7-3-2-4-8-14)11-15-13-22-19-10-6-5-9-16(15)19/h2-10,13,17-18,22H,11-12,21H2,1H3. The Labute approximate surface area is 141 Å². The highest BCUT2D eigenvalue weighted by Gasteiger charge is 2.30. The van der Waals surface area contributed by atoms with Crippen molar-refractivity contribution in [2.24, 2.45) is 11.7 Å². The molecule has 0 radical (unpaired) electrons. The number of carbonyl (C=O) groups excluding carboxylic acids is 1. The van der Waals surface area contributed by atoms with Crippen LogP contribution in [0.1, 0.15) is 17.0 Å². The molecule has 0 aliphatic rings. The Morgan fingerprint density at radius 1 is 1.12 bits per heavy atom. The first kappa shape index (κ1) is 16.3. The molecule has 3 N–H and O–H groups in total. The highest BCUT2D eigenvalue weighted by atomic mass is 16.5. The molecule has 1 aromatic heterocycles. The van der Waals surface area contributed by atoms with Crippen LogP contribution >= 0.6 is 0 Å². The van der Waals surface area contributed by atoms with Gasteiger partial charge in [-0.2, -0.15) is 0 Å². The summed E-state index contributed by atoms with van der Waals surface area (Å²) in [4.78, 5) is 15.5. The van der Waals surface area contributed by atoms with Crippen LogP contribution in [0, 0.1) is 5.92 Å². The summed E-state index contributed by atoms with van der Waals surface area (Å²) in [5.74, 6) is -0.653. The number of hydrogen-bond donors (Lipinski definition) is 2. The Bertz CT molecular complexity index is 811. The predicted molar refractivity (Wildman–Crippen MR) is 95.7 cm³/mol. The van der Waals surface area contributed by atoms with Crippen LogP contribution < -0.4 is 5.73 Å². The van der Waals surface area contributed by atoms with Crippen molar-refractivity contribution in [2.45, 2.75) is 12.3 Å². The molecule has 2 atom stereocenters. The number of esters is 1. The van der Waals surface area contributed by atoms with Crippen molar-refractivity contribution in [1.82, 2.24) is 4.98 Å². The van der Waals surface area contributed by atoms with E-state index in [2.05, 4.69) is 17.1 Å². The van der Waals surface area contributed by atoms with Gasteiger partial charge in [0, 0.05) is 29.6 Å². The molecular weight excluding hydrogens is 300 g/mol. The van der Waals surface area contributed by atoms with E-state index in [1.807, 2.05) is 48.7 Å². The van der Waals surface area contributed by atoms with Crippen molar-refractivity contribution in [3.63, 3.8) is 0 Å². The van der Waals surface area contributed by atoms with Gasteiger partial charge < -0.3 is 15.5 Å². The van der Waals surface area contributed by atoms with Crippen LogP contribution in [0.25, 0.3) is 10.9 Å². The van der Waals surface area contributed by atoms with Crippen molar-refractivity contribution < 1.29 is 9.53 Å². The first-order valence-electron chi connectivity index (χ1n) is 8.12. The fourth-order valence-corrected chi connectivity index (χ4v) is 3.31. The first-order chi connectivity index (χ1) is 11.7. The maximum Gasteiger partial charge on any atom is 0.310 e. The summed E-state index contributed by atoms with van der Waals surface area (Å²) < 4.78 is 4.99. The van der Waals surface area contributed by atoms with Crippen molar-refractivity contribution in [3.8, 4) is 0 Å². The average molecular weight is 322 g/mol. The van der Waals surface area contributed by atoms with E-state index in [-0.39, 0.29) is 24.3 Å².